The number of hydrogen-bond donors (Lipinski definition) is 0. The molecule has 84 valence electrons. The van der Waals surface area contributed by atoms with Crippen molar-refractivity contribution in [1.82, 2.24) is 0 Å². The van der Waals surface area contributed by atoms with Crippen LogP contribution < -0.4 is 0 Å². The maximum absolute atomic E-state index is 12.6. The van der Waals surface area contributed by atoms with E-state index < -0.39 is 31.2 Å². The predicted octanol–water partition coefficient (Wildman–Crippen LogP) is 2.96. The van der Waals surface area contributed by atoms with Gasteiger partial charge in [0, 0.05) is 6.92 Å². The van der Waals surface area contributed by atoms with E-state index in [1.807, 2.05) is 0 Å². The number of halogens is 6. The first kappa shape index (κ1) is 12.9. The van der Waals surface area contributed by atoms with E-state index in [0.717, 1.165) is 0 Å². The molecule has 1 unspecified atom stereocenters. The second-order valence-corrected chi connectivity index (χ2v) is 2.19. The van der Waals surface area contributed by atoms with Crippen molar-refractivity contribution < 1.29 is 35.8 Å². The Morgan fingerprint density at radius 1 is 1.36 bits per heavy atom. The van der Waals surface area contributed by atoms with Gasteiger partial charge in [0.2, 0.25) is 6.86 Å². The molecule has 0 aromatic carbocycles. The first-order valence-electron chi connectivity index (χ1n) is 3.21. The molecule has 0 aromatic heterocycles. The summed E-state index contributed by atoms with van der Waals surface area (Å²) in [6, 6.07) is 0. The fraction of sp³-hybridized carbons (Fsp3) is 0.667. The Morgan fingerprint density at radius 2 is 1.86 bits per heavy atom. The summed E-state index contributed by atoms with van der Waals surface area (Å²) < 4.78 is 77.9. The van der Waals surface area contributed by atoms with Crippen molar-refractivity contribution in [1.29, 1.82) is 0 Å². The average Bonchev–Trinajstić information content (AvgIpc) is 2.02. The molecule has 2 nitrogen and oxygen atoms in total. The van der Waals surface area contributed by atoms with Crippen molar-refractivity contribution in [3.8, 4) is 0 Å². The molecule has 1 atom stereocenters. The predicted molar refractivity (Wildman–Crippen MR) is 32.9 cm³/mol. The van der Waals surface area contributed by atoms with Crippen molar-refractivity contribution in [2.24, 2.45) is 0 Å². The van der Waals surface area contributed by atoms with Gasteiger partial charge in [-0.3, -0.25) is 0 Å². The van der Waals surface area contributed by atoms with E-state index in [1.54, 1.807) is 0 Å². The summed E-state index contributed by atoms with van der Waals surface area (Å²) >= 11 is 0. The van der Waals surface area contributed by atoms with E-state index in [0.29, 0.717) is 0 Å². The summed E-state index contributed by atoms with van der Waals surface area (Å²) in [5.41, 5.74) is 0. The lowest BCUT2D eigenvalue weighted by Crippen LogP contribution is -2.32. The van der Waals surface area contributed by atoms with Gasteiger partial charge in [0.05, 0.1) is 0 Å². The zero-order valence-corrected chi connectivity index (χ0v) is 6.87. The molecule has 0 aliphatic heterocycles. The molecule has 14 heavy (non-hydrogen) atoms. The van der Waals surface area contributed by atoms with Crippen molar-refractivity contribution in [2.45, 2.75) is 19.2 Å². The van der Waals surface area contributed by atoms with Crippen LogP contribution in [0.3, 0.4) is 0 Å². The first-order chi connectivity index (χ1) is 6.31. The number of rotatable bonds is 5. The Morgan fingerprint density at radius 3 is 2.14 bits per heavy atom. The molecular formula is C6H6F6O2. The monoisotopic (exact) mass is 224 g/mol. The number of hydrogen-bond acceptors (Lipinski definition) is 2. The van der Waals surface area contributed by atoms with Crippen molar-refractivity contribution in [2.75, 3.05) is 6.86 Å². The van der Waals surface area contributed by atoms with Crippen LogP contribution in [0.25, 0.3) is 0 Å². The molecular weight excluding hydrogens is 218 g/mol. The van der Waals surface area contributed by atoms with E-state index in [2.05, 4.69) is 9.47 Å². The minimum Gasteiger partial charge on any atom is -0.430 e. The molecule has 0 radical (unpaired) electrons. The van der Waals surface area contributed by atoms with Gasteiger partial charge in [0.15, 0.2) is 0 Å². The summed E-state index contributed by atoms with van der Waals surface area (Å²) in [6.45, 7) is -1.53. The molecule has 8 heteroatoms. The summed E-state index contributed by atoms with van der Waals surface area (Å²) in [4.78, 5) is 0. The van der Waals surface area contributed by atoms with Crippen molar-refractivity contribution >= 4 is 0 Å². The minimum absolute atomic E-state index is 0.211. The highest BCUT2D eigenvalue weighted by molar-refractivity contribution is 4.85. The zero-order valence-electron chi connectivity index (χ0n) is 6.87. The van der Waals surface area contributed by atoms with Gasteiger partial charge in [-0.25, -0.2) is 13.2 Å². The second-order valence-electron chi connectivity index (χ2n) is 2.19. The summed E-state index contributed by atoms with van der Waals surface area (Å²) in [5.74, 6) is -5.55. The van der Waals surface area contributed by atoms with E-state index in [9.17, 15) is 26.3 Å². The van der Waals surface area contributed by atoms with E-state index in [4.69, 9.17) is 0 Å². The second kappa shape index (κ2) is 4.97. The van der Waals surface area contributed by atoms with Crippen LogP contribution in [0.15, 0.2) is 12.0 Å². The summed E-state index contributed by atoms with van der Waals surface area (Å²) in [6.07, 6.45) is -6.40. The summed E-state index contributed by atoms with van der Waals surface area (Å²) in [5, 5.41) is 0. The molecule has 0 aliphatic rings. The third-order valence-electron chi connectivity index (χ3n) is 1.02. The fourth-order valence-electron chi connectivity index (χ4n) is 0.398. The zero-order chi connectivity index (χ0) is 11.4. The highest BCUT2D eigenvalue weighted by atomic mass is 19.3. The van der Waals surface area contributed by atoms with Crippen LogP contribution in [0.4, 0.5) is 26.3 Å². The molecule has 0 saturated heterocycles. The Bertz CT molecular complexity index is 210. The smallest absolute Gasteiger partial charge is 0.353 e. The lowest BCUT2D eigenvalue weighted by Gasteiger charge is -2.21. The van der Waals surface area contributed by atoms with Crippen LogP contribution >= 0.6 is 0 Å². The van der Waals surface area contributed by atoms with Crippen molar-refractivity contribution in [3.05, 3.63) is 12.0 Å². The third kappa shape index (κ3) is 3.75. The van der Waals surface area contributed by atoms with Gasteiger partial charge in [-0.05, 0) is 0 Å². The molecule has 0 heterocycles. The standard InChI is InChI=1S/C6H6F6O2/c1-6(12,5(10)11)14-4(3(8)9)13-2-7/h5H,2H2,1H3. The number of ether oxygens (including phenoxy) is 2. The average molecular weight is 224 g/mol. The third-order valence-corrected chi connectivity index (χ3v) is 1.02. The lowest BCUT2D eigenvalue weighted by atomic mass is 10.4. The lowest BCUT2D eigenvalue weighted by molar-refractivity contribution is -0.219. The molecule has 0 aliphatic carbocycles. The van der Waals surface area contributed by atoms with E-state index in [1.165, 1.54) is 0 Å². The van der Waals surface area contributed by atoms with Gasteiger partial charge >= 0.3 is 24.3 Å². The highest BCUT2D eigenvalue weighted by Crippen LogP contribution is 2.27. The van der Waals surface area contributed by atoms with Crippen LogP contribution in [0.2, 0.25) is 0 Å². The van der Waals surface area contributed by atoms with Gasteiger partial charge in [-0.2, -0.15) is 13.2 Å². The molecule has 0 fully saturated rings. The van der Waals surface area contributed by atoms with Crippen LogP contribution in [0.1, 0.15) is 6.92 Å². The number of alkyl halides is 4. The minimum atomic E-state index is -3.67. The Labute approximate surface area is 75.1 Å². The van der Waals surface area contributed by atoms with Gasteiger partial charge in [0.1, 0.15) is 0 Å². The highest BCUT2D eigenvalue weighted by Gasteiger charge is 2.39. The molecule has 0 N–H and O–H groups in total. The normalized spacial score (nSPS) is 14.9. The SMILES string of the molecule is CC(F)(OC(OCF)=C(F)F)C(F)F. The Balaban J connectivity index is 4.54. The summed E-state index contributed by atoms with van der Waals surface area (Å²) in [7, 11) is 0. The first-order valence-corrected chi connectivity index (χ1v) is 3.21. The van der Waals surface area contributed by atoms with Gasteiger partial charge < -0.3 is 9.47 Å². The van der Waals surface area contributed by atoms with Crippen LogP contribution in [-0.2, 0) is 9.47 Å². The van der Waals surface area contributed by atoms with E-state index >= 15 is 0 Å². The van der Waals surface area contributed by atoms with Crippen LogP contribution in [0, 0.1) is 0 Å². The Hall–Kier alpha value is -1.08. The molecule has 0 spiro atoms. The molecule has 0 rings (SSSR count). The maximum atomic E-state index is 12.6. The van der Waals surface area contributed by atoms with Crippen molar-refractivity contribution in [3.63, 3.8) is 0 Å². The Kier molecular flexibility index (Phi) is 4.58. The molecule has 0 amide bonds. The molecule has 0 bridgehead atoms. The maximum Gasteiger partial charge on any atom is 0.353 e. The quantitative estimate of drug-likeness (QED) is 0.528. The fourth-order valence-corrected chi connectivity index (χ4v) is 0.398. The van der Waals surface area contributed by atoms with Gasteiger partial charge in [-0.1, -0.05) is 0 Å². The topological polar surface area (TPSA) is 18.5 Å². The van der Waals surface area contributed by atoms with Gasteiger partial charge in [0.25, 0.3) is 0 Å². The van der Waals surface area contributed by atoms with Gasteiger partial charge in [-0.15, -0.1) is 0 Å². The largest absolute Gasteiger partial charge is 0.430 e. The molecule has 0 aromatic rings. The van der Waals surface area contributed by atoms with Crippen LogP contribution in [-0.4, -0.2) is 19.1 Å². The van der Waals surface area contributed by atoms with E-state index in [-0.39, 0.29) is 6.92 Å². The molecule has 0 saturated carbocycles. The van der Waals surface area contributed by atoms with Crippen LogP contribution in [0.5, 0.6) is 0 Å².